The third-order valence-electron chi connectivity index (χ3n) is 2.26. The van der Waals surface area contributed by atoms with Gasteiger partial charge in [-0.3, -0.25) is 0 Å². The van der Waals surface area contributed by atoms with Gasteiger partial charge in [0, 0.05) is 18.1 Å². The summed E-state index contributed by atoms with van der Waals surface area (Å²) in [5, 5.41) is 3.13. The molecule has 1 N–H and O–H groups in total. The molecule has 1 aromatic heterocycles. The summed E-state index contributed by atoms with van der Waals surface area (Å²) in [7, 11) is 3.94. The number of imidazole rings is 1. The van der Waals surface area contributed by atoms with Gasteiger partial charge in [-0.1, -0.05) is 15.9 Å². The summed E-state index contributed by atoms with van der Waals surface area (Å²) >= 11 is 3.56. The van der Waals surface area contributed by atoms with Crippen LogP contribution in [-0.2, 0) is 13.6 Å². The molecule has 0 atom stereocenters. The molecule has 3 nitrogen and oxygen atoms in total. The zero-order chi connectivity index (χ0) is 10.1. The number of fused-ring (bicyclic) bond motifs is 1. The molecule has 0 saturated heterocycles. The minimum atomic E-state index is 0.854. The number of nitrogens with one attached hydrogen (secondary N) is 1. The SMILES string of the molecule is CNCc1cc2ncn(C)c2cc1Br. The third-order valence-corrected chi connectivity index (χ3v) is 3.00. The highest BCUT2D eigenvalue weighted by molar-refractivity contribution is 9.10. The molecule has 2 aromatic rings. The number of hydrogen-bond acceptors (Lipinski definition) is 2. The van der Waals surface area contributed by atoms with E-state index in [0.717, 1.165) is 22.1 Å². The third kappa shape index (κ3) is 1.55. The number of hydrogen-bond donors (Lipinski definition) is 1. The van der Waals surface area contributed by atoms with Crippen molar-refractivity contribution >= 4 is 27.0 Å². The number of aryl methyl sites for hydroxylation is 1. The predicted molar refractivity (Wildman–Crippen MR) is 61.2 cm³/mol. The normalized spacial score (nSPS) is 11.1. The van der Waals surface area contributed by atoms with Crippen molar-refractivity contribution in [1.29, 1.82) is 0 Å². The maximum atomic E-state index is 4.32. The molecule has 0 fully saturated rings. The second kappa shape index (κ2) is 3.71. The Morgan fingerprint density at radius 2 is 2.29 bits per heavy atom. The van der Waals surface area contributed by atoms with Crippen LogP contribution in [0.2, 0.25) is 0 Å². The molecule has 0 aliphatic carbocycles. The molecule has 0 spiro atoms. The highest BCUT2D eigenvalue weighted by Crippen LogP contribution is 2.23. The summed E-state index contributed by atoms with van der Waals surface area (Å²) in [6.07, 6.45) is 1.83. The first kappa shape index (κ1) is 9.68. The van der Waals surface area contributed by atoms with Gasteiger partial charge >= 0.3 is 0 Å². The van der Waals surface area contributed by atoms with Crippen LogP contribution in [0.15, 0.2) is 22.9 Å². The molecule has 2 rings (SSSR count). The van der Waals surface area contributed by atoms with Crippen LogP contribution in [0.4, 0.5) is 0 Å². The van der Waals surface area contributed by atoms with Crippen LogP contribution >= 0.6 is 15.9 Å². The molecule has 0 radical (unpaired) electrons. The zero-order valence-electron chi connectivity index (χ0n) is 8.21. The number of halogens is 1. The molecular weight excluding hydrogens is 242 g/mol. The van der Waals surface area contributed by atoms with Crippen LogP contribution in [0.5, 0.6) is 0 Å². The van der Waals surface area contributed by atoms with Gasteiger partial charge < -0.3 is 9.88 Å². The van der Waals surface area contributed by atoms with E-state index in [4.69, 9.17) is 0 Å². The van der Waals surface area contributed by atoms with Gasteiger partial charge in [0.05, 0.1) is 17.4 Å². The summed E-state index contributed by atoms with van der Waals surface area (Å²) in [6.45, 7) is 0.854. The quantitative estimate of drug-likeness (QED) is 0.888. The minimum Gasteiger partial charge on any atom is -0.334 e. The van der Waals surface area contributed by atoms with Crippen LogP contribution in [-0.4, -0.2) is 16.6 Å². The lowest BCUT2D eigenvalue weighted by molar-refractivity contribution is 0.815. The van der Waals surface area contributed by atoms with Gasteiger partial charge in [0.2, 0.25) is 0 Å². The summed E-state index contributed by atoms with van der Waals surface area (Å²) in [5.74, 6) is 0. The van der Waals surface area contributed by atoms with E-state index in [0.29, 0.717) is 0 Å². The van der Waals surface area contributed by atoms with Crippen LogP contribution < -0.4 is 5.32 Å². The largest absolute Gasteiger partial charge is 0.334 e. The second-order valence-electron chi connectivity index (χ2n) is 3.32. The van der Waals surface area contributed by atoms with E-state index in [1.54, 1.807) is 0 Å². The molecule has 0 aliphatic heterocycles. The van der Waals surface area contributed by atoms with Crippen molar-refractivity contribution in [3.8, 4) is 0 Å². The molecule has 14 heavy (non-hydrogen) atoms. The highest BCUT2D eigenvalue weighted by Gasteiger charge is 2.05. The number of benzene rings is 1. The average molecular weight is 254 g/mol. The molecule has 4 heteroatoms. The Morgan fingerprint density at radius 1 is 1.50 bits per heavy atom. The fraction of sp³-hybridized carbons (Fsp3) is 0.300. The topological polar surface area (TPSA) is 29.9 Å². The van der Waals surface area contributed by atoms with Gasteiger partial charge in [0.15, 0.2) is 0 Å². The van der Waals surface area contributed by atoms with E-state index in [1.165, 1.54) is 5.56 Å². The average Bonchev–Trinajstić information content (AvgIpc) is 2.50. The van der Waals surface area contributed by atoms with E-state index in [-0.39, 0.29) is 0 Å². The first-order valence-corrected chi connectivity index (χ1v) is 5.25. The lowest BCUT2D eigenvalue weighted by atomic mass is 10.2. The molecular formula is C10H12BrN3. The molecule has 0 unspecified atom stereocenters. The molecule has 74 valence electrons. The number of rotatable bonds is 2. The Labute approximate surface area is 91.3 Å². The van der Waals surface area contributed by atoms with Gasteiger partial charge in [0.25, 0.3) is 0 Å². The van der Waals surface area contributed by atoms with Crippen molar-refractivity contribution < 1.29 is 0 Å². The summed E-state index contributed by atoms with van der Waals surface area (Å²) in [4.78, 5) is 4.32. The summed E-state index contributed by atoms with van der Waals surface area (Å²) < 4.78 is 3.14. The Bertz CT molecular complexity index is 462. The number of aromatic nitrogens is 2. The molecule has 0 saturated carbocycles. The monoisotopic (exact) mass is 253 g/mol. The van der Waals surface area contributed by atoms with Crippen LogP contribution in [0.3, 0.4) is 0 Å². The van der Waals surface area contributed by atoms with E-state index < -0.39 is 0 Å². The first-order chi connectivity index (χ1) is 6.72. The molecule has 0 amide bonds. The molecule has 1 heterocycles. The van der Waals surface area contributed by atoms with Gasteiger partial charge in [-0.2, -0.15) is 0 Å². The van der Waals surface area contributed by atoms with E-state index >= 15 is 0 Å². The molecule has 0 aliphatic rings. The maximum Gasteiger partial charge on any atom is 0.0955 e. The summed E-state index contributed by atoms with van der Waals surface area (Å²) in [6, 6.07) is 4.21. The lowest BCUT2D eigenvalue weighted by Gasteiger charge is -2.04. The van der Waals surface area contributed by atoms with E-state index in [1.807, 2.05) is 25.0 Å². The Kier molecular flexibility index (Phi) is 2.56. The minimum absolute atomic E-state index is 0.854. The van der Waals surface area contributed by atoms with Crippen molar-refractivity contribution in [2.75, 3.05) is 7.05 Å². The highest BCUT2D eigenvalue weighted by atomic mass is 79.9. The van der Waals surface area contributed by atoms with Crippen LogP contribution in [0.25, 0.3) is 11.0 Å². The Morgan fingerprint density at radius 3 is 3.00 bits per heavy atom. The van der Waals surface area contributed by atoms with Crippen LogP contribution in [0.1, 0.15) is 5.56 Å². The van der Waals surface area contributed by atoms with E-state index in [2.05, 4.69) is 38.4 Å². The van der Waals surface area contributed by atoms with Gasteiger partial charge in [-0.25, -0.2) is 4.98 Å². The van der Waals surface area contributed by atoms with Crippen LogP contribution in [0, 0.1) is 0 Å². The fourth-order valence-corrected chi connectivity index (χ4v) is 1.99. The van der Waals surface area contributed by atoms with Gasteiger partial charge in [0.1, 0.15) is 0 Å². The lowest BCUT2D eigenvalue weighted by Crippen LogP contribution is -2.05. The Balaban J connectivity index is 2.60. The molecule has 0 bridgehead atoms. The van der Waals surface area contributed by atoms with Crippen molar-refractivity contribution in [3.63, 3.8) is 0 Å². The molecule has 1 aromatic carbocycles. The van der Waals surface area contributed by atoms with Gasteiger partial charge in [-0.05, 0) is 24.7 Å². The fourth-order valence-electron chi connectivity index (χ4n) is 1.52. The van der Waals surface area contributed by atoms with Crippen molar-refractivity contribution in [2.24, 2.45) is 7.05 Å². The van der Waals surface area contributed by atoms with Crippen molar-refractivity contribution in [2.45, 2.75) is 6.54 Å². The number of nitrogens with zero attached hydrogens (tertiary/aromatic N) is 2. The predicted octanol–water partition coefficient (Wildman–Crippen LogP) is 2.06. The summed E-state index contributed by atoms with van der Waals surface area (Å²) in [5.41, 5.74) is 3.43. The zero-order valence-corrected chi connectivity index (χ0v) is 9.80. The first-order valence-electron chi connectivity index (χ1n) is 4.46. The standard InChI is InChI=1S/C10H12BrN3/c1-12-5-7-3-9-10(4-8(7)11)14(2)6-13-9/h3-4,6,12H,5H2,1-2H3. The van der Waals surface area contributed by atoms with Crippen molar-refractivity contribution in [3.05, 3.63) is 28.5 Å². The maximum absolute atomic E-state index is 4.32. The Hall–Kier alpha value is -0.870. The van der Waals surface area contributed by atoms with Crippen molar-refractivity contribution in [1.82, 2.24) is 14.9 Å². The van der Waals surface area contributed by atoms with E-state index in [9.17, 15) is 0 Å². The smallest absolute Gasteiger partial charge is 0.0955 e. The second-order valence-corrected chi connectivity index (χ2v) is 4.17. The van der Waals surface area contributed by atoms with Gasteiger partial charge in [-0.15, -0.1) is 0 Å².